The summed E-state index contributed by atoms with van der Waals surface area (Å²) in [6, 6.07) is 20.7. The second-order valence-electron chi connectivity index (χ2n) is 14.2. The van der Waals surface area contributed by atoms with Gasteiger partial charge in [-0.3, -0.25) is 19.6 Å². The van der Waals surface area contributed by atoms with Crippen LogP contribution in [0.1, 0.15) is 49.9 Å². The molecule has 4 amide bonds. The molecule has 0 fully saturated rings. The van der Waals surface area contributed by atoms with Crippen LogP contribution >= 0.6 is 0 Å². The van der Waals surface area contributed by atoms with E-state index < -0.39 is 60.4 Å². The molecule has 56 heavy (non-hydrogen) atoms. The maximum atomic E-state index is 13.9. The van der Waals surface area contributed by atoms with E-state index in [-0.39, 0.29) is 37.9 Å². The maximum absolute atomic E-state index is 13.9. The van der Waals surface area contributed by atoms with Crippen LogP contribution in [0.4, 0.5) is 9.59 Å². The van der Waals surface area contributed by atoms with Crippen LogP contribution in [0, 0.1) is 11.8 Å². The van der Waals surface area contributed by atoms with Crippen molar-refractivity contribution >= 4 is 24.0 Å². The molecule has 2 aromatic heterocycles. The van der Waals surface area contributed by atoms with E-state index in [1.54, 1.807) is 76.7 Å². The van der Waals surface area contributed by atoms with Crippen LogP contribution in [0.2, 0.25) is 0 Å². The Morgan fingerprint density at radius 1 is 0.518 bits per heavy atom. The number of hydrogen-bond acceptors (Lipinski definition) is 10. The van der Waals surface area contributed by atoms with E-state index in [9.17, 15) is 29.4 Å². The lowest BCUT2D eigenvalue weighted by molar-refractivity contribution is -0.129. The number of aliphatic hydroxyl groups is 2. The SMILES string of the molecule is CC(C)[C@H](NC(=O)OCc1ccncc1)C(=O)N[C@@H](Cc1ccccc1)[C@@H](O)[C@@H](O)[C@H](Cc1ccccc1)NC(=O)[C@H](NC(=O)OCc1ccncc1)C(C)C. The Hall–Kier alpha value is -5.86. The highest BCUT2D eigenvalue weighted by atomic mass is 16.6. The summed E-state index contributed by atoms with van der Waals surface area (Å²) in [6.07, 6.45) is 1.66. The van der Waals surface area contributed by atoms with E-state index in [2.05, 4.69) is 31.2 Å². The predicted molar refractivity (Wildman–Crippen MR) is 209 cm³/mol. The number of carbonyl (C=O) groups excluding carboxylic acids is 4. The molecule has 0 bridgehead atoms. The lowest BCUT2D eigenvalue weighted by atomic mass is 9.90. The zero-order valence-electron chi connectivity index (χ0n) is 32.1. The lowest BCUT2D eigenvalue weighted by Gasteiger charge is -2.35. The molecule has 14 heteroatoms. The number of carbonyl (C=O) groups is 4. The summed E-state index contributed by atoms with van der Waals surface area (Å²) in [5.74, 6) is -1.98. The van der Waals surface area contributed by atoms with Gasteiger partial charge in [-0.1, -0.05) is 88.4 Å². The fraction of sp³-hybridized carbons (Fsp3) is 0.381. The molecule has 0 unspecified atom stereocenters. The van der Waals surface area contributed by atoms with Gasteiger partial charge in [0.1, 0.15) is 37.5 Å². The number of aliphatic hydroxyl groups excluding tert-OH is 2. The largest absolute Gasteiger partial charge is 0.445 e. The average Bonchev–Trinajstić information content (AvgIpc) is 3.20. The molecule has 0 aliphatic heterocycles. The average molecular weight is 769 g/mol. The van der Waals surface area contributed by atoms with Crippen molar-refractivity contribution in [3.63, 3.8) is 0 Å². The number of amides is 4. The third-order valence-corrected chi connectivity index (χ3v) is 9.11. The first-order valence-electron chi connectivity index (χ1n) is 18.6. The Bertz CT molecular complexity index is 1670. The topological polar surface area (TPSA) is 201 Å². The number of alkyl carbamates (subject to hydrolysis) is 2. The number of aromatic nitrogens is 2. The van der Waals surface area contributed by atoms with E-state index in [0.717, 1.165) is 11.1 Å². The predicted octanol–water partition coefficient (Wildman–Crippen LogP) is 3.86. The molecule has 6 N–H and O–H groups in total. The number of nitrogens with one attached hydrogen (secondary N) is 4. The smallest absolute Gasteiger partial charge is 0.408 e. The number of pyridine rings is 2. The fourth-order valence-electron chi connectivity index (χ4n) is 5.93. The van der Waals surface area contributed by atoms with Gasteiger partial charge in [-0.25, -0.2) is 9.59 Å². The van der Waals surface area contributed by atoms with Crippen molar-refractivity contribution in [1.29, 1.82) is 0 Å². The van der Waals surface area contributed by atoms with Crippen molar-refractivity contribution in [2.75, 3.05) is 0 Å². The third kappa shape index (κ3) is 13.8. The van der Waals surface area contributed by atoms with Gasteiger partial charge in [0.25, 0.3) is 0 Å². The van der Waals surface area contributed by atoms with Gasteiger partial charge >= 0.3 is 12.2 Å². The van der Waals surface area contributed by atoms with Crippen molar-refractivity contribution in [2.45, 2.75) is 90.1 Å². The molecule has 2 aromatic carbocycles. The Morgan fingerprint density at radius 2 is 0.857 bits per heavy atom. The minimum Gasteiger partial charge on any atom is -0.445 e. The quantitative estimate of drug-likeness (QED) is 0.0814. The van der Waals surface area contributed by atoms with Gasteiger partial charge in [0.05, 0.1) is 12.1 Å². The van der Waals surface area contributed by atoms with Gasteiger partial charge < -0.3 is 41.0 Å². The van der Waals surface area contributed by atoms with E-state index in [0.29, 0.717) is 11.1 Å². The zero-order valence-corrected chi connectivity index (χ0v) is 32.1. The van der Waals surface area contributed by atoms with Crippen molar-refractivity contribution < 1.29 is 38.9 Å². The molecule has 0 saturated carbocycles. The normalized spacial score (nSPS) is 14.4. The minimum absolute atomic E-state index is 0.0309. The van der Waals surface area contributed by atoms with E-state index in [4.69, 9.17) is 9.47 Å². The molecule has 0 aliphatic rings. The maximum Gasteiger partial charge on any atom is 0.408 e. The highest BCUT2D eigenvalue weighted by Crippen LogP contribution is 2.17. The van der Waals surface area contributed by atoms with Gasteiger partial charge in [-0.15, -0.1) is 0 Å². The second kappa shape index (κ2) is 21.9. The summed E-state index contributed by atoms with van der Waals surface area (Å²) in [5.41, 5.74) is 2.95. The molecule has 4 aromatic rings. The standard InChI is InChI=1S/C42H52N6O8/c1-27(2)35(47-41(53)55-25-31-15-19-43-20-16-31)39(51)45-33(23-29-11-7-5-8-12-29)37(49)38(50)34(24-30-13-9-6-10-14-30)46-40(52)36(28(3)4)48-42(54)56-26-32-17-21-44-22-18-32/h5-22,27-28,33-38,49-50H,23-26H2,1-4H3,(H,45,51)(H,46,52)(H,47,53)(H,48,54)/t33-,34-,35-,36+,37+,38-/m0/s1. The number of hydrogen-bond donors (Lipinski definition) is 6. The highest BCUT2D eigenvalue weighted by Gasteiger charge is 2.37. The van der Waals surface area contributed by atoms with Crippen LogP contribution in [-0.4, -0.2) is 80.6 Å². The fourth-order valence-corrected chi connectivity index (χ4v) is 5.93. The second-order valence-corrected chi connectivity index (χ2v) is 14.2. The Kier molecular flexibility index (Phi) is 16.8. The first-order valence-corrected chi connectivity index (χ1v) is 18.6. The summed E-state index contributed by atoms with van der Waals surface area (Å²) in [7, 11) is 0. The summed E-state index contributed by atoms with van der Waals surface area (Å²) >= 11 is 0. The third-order valence-electron chi connectivity index (χ3n) is 9.11. The molecule has 4 rings (SSSR count). The van der Waals surface area contributed by atoms with Crippen LogP contribution < -0.4 is 21.3 Å². The van der Waals surface area contributed by atoms with Crippen LogP contribution in [-0.2, 0) is 45.1 Å². The van der Waals surface area contributed by atoms with E-state index >= 15 is 0 Å². The molecule has 2 heterocycles. The van der Waals surface area contributed by atoms with Crippen LogP contribution in [0.15, 0.2) is 110 Å². The van der Waals surface area contributed by atoms with Gasteiger partial charge in [-0.05, 0) is 71.2 Å². The van der Waals surface area contributed by atoms with Crippen LogP contribution in [0.5, 0.6) is 0 Å². The van der Waals surface area contributed by atoms with Crippen molar-refractivity contribution in [1.82, 2.24) is 31.2 Å². The van der Waals surface area contributed by atoms with Crippen LogP contribution in [0.25, 0.3) is 0 Å². The molecule has 0 aliphatic carbocycles. The van der Waals surface area contributed by atoms with Gasteiger partial charge in [0.15, 0.2) is 0 Å². The molecular formula is C42H52N6O8. The van der Waals surface area contributed by atoms with Crippen molar-refractivity contribution in [2.24, 2.45) is 11.8 Å². The van der Waals surface area contributed by atoms with Gasteiger partial charge in [0, 0.05) is 24.8 Å². The van der Waals surface area contributed by atoms with Gasteiger partial charge in [-0.2, -0.15) is 0 Å². The molecule has 14 nitrogen and oxygen atoms in total. The highest BCUT2D eigenvalue weighted by molar-refractivity contribution is 5.87. The molecule has 0 spiro atoms. The Balaban J connectivity index is 1.53. The number of rotatable bonds is 19. The van der Waals surface area contributed by atoms with Crippen molar-refractivity contribution in [3.05, 3.63) is 132 Å². The van der Waals surface area contributed by atoms with Gasteiger partial charge in [0.2, 0.25) is 11.8 Å². The summed E-state index contributed by atoms with van der Waals surface area (Å²) in [4.78, 5) is 61.2. The molecule has 6 atom stereocenters. The summed E-state index contributed by atoms with van der Waals surface area (Å²) < 4.78 is 10.7. The molecule has 0 radical (unpaired) electrons. The first-order chi connectivity index (χ1) is 26.9. The zero-order chi connectivity index (χ0) is 40.5. The molecule has 0 saturated heterocycles. The number of ether oxygens (including phenoxy) is 2. The number of benzene rings is 2. The van der Waals surface area contributed by atoms with Crippen LogP contribution in [0.3, 0.4) is 0 Å². The summed E-state index contributed by atoms with van der Waals surface area (Å²) in [5, 5.41) is 34.8. The van der Waals surface area contributed by atoms with E-state index in [1.165, 1.54) is 0 Å². The lowest BCUT2D eigenvalue weighted by Crippen LogP contribution is -2.61. The van der Waals surface area contributed by atoms with E-state index in [1.807, 2.05) is 60.7 Å². The number of nitrogens with zero attached hydrogens (tertiary/aromatic N) is 2. The monoisotopic (exact) mass is 768 g/mol. The molecular weight excluding hydrogens is 716 g/mol. The Labute approximate surface area is 327 Å². The minimum atomic E-state index is -1.62. The van der Waals surface area contributed by atoms with Crippen molar-refractivity contribution in [3.8, 4) is 0 Å². The molecule has 298 valence electrons. The first kappa shape index (κ1) is 42.9. The Morgan fingerprint density at radius 3 is 1.18 bits per heavy atom. The summed E-state index contributed by atoms with van der Waals surface area (Å²) in [6.45, 7) is 6.96.